The van der Waals surface area contributed by atoms with E-state index >= 15 is 0 Å². The first-order valence-electron chi connectivity index (χ1n) is 6.08. The maximum absolute atomic E-state index is 12.3. The summed E-state index contributed by atoms with van der Waals surface area (Å²) in [6.45, 7) is 4.85. The van der Waals surface area contributed by atoms with Gasteiger partial charge in [0.15, 0.2) is 0 Å². The Morgan fingerprint density at radius 2 is 2.39 bits per heavy atom. The third-order valence-electron chi connectivity index (χ3n) is 3.41. The molecule has 2 atom stereocenters. The monoisotopic (exact) mass is 268 g/mol. The van der Waals surface area contributed by atoms with Gasteiger partial charge in [0, 0.05) is 30.9 Å². The molecule has 1 aromatic heterocycles. The molecular formula is C13H17ClN2O2. The van der Waals surface area contributed by atoms with Crippen molar-refractivity contribution in [1.82, 2.24) is 9.88 Å². The Morgan fingerprint density at radius 3 is 2.94 bits per heavy atom. The predicted molar refractivity (Wildman–Crippen MR) is 69.7 cm³/mol. The minimum Gasteiger partial charge on any atom is -0.393 e. The summed E-state index contributed by atoms with van der Waals surface area (Å²) in [7, 11) is 0. The number of rotatable bonds is 2. The van der Waals surface area contributed by atoms with Crippen molar-refractivity contribution in [1.29, 1.82) is 0 Å². The van der Waals surface area contributed by atoms with Crippen LogP contribution in [-0.4, -0.2) is 40.1 Å². The Kier molecular flexibility index (Phi) is 3.88. The van der Waals surface area contributed by atoms with Gasteiger partial charge in [0.2, 0.25) is 0 Å². The van der Waals surface area contributed by atoms with Crippen molar-refractivity contribution < 1.29 is 9.90 Å². The molecule has 0 radical (unpaired) electrons. The molecule has 1 saturated heterocycles. The van der Waals surface area contributed by atoms with Gasteiger partial charge in [-0.2, -0.15) is 0 Å². The van der Waals surface area contributed by atoms with Crippen molar-refractivity contribution >= 4 is 17.5 Å². The molecule has 0 aromatic carbocycles. The molecule has 0 saturated carbocycles. The average Bonchev–Trinajstić information content (AvgIpc) is 2.77. The van der Waals surface area contributed by atoms with Crippen LogP contribution in [0, 0.1) is 12.8 Å². The largest absolute Gasteiger partial charge is 0.393 e. The Labute approximate surface area is 112 Å². The molecule has 0 spiro atoms. The molecule has 5 heteroatoms. The fraction of sp³-hybridized carbons (Fsp3) is 0.538. The molecule has 2 heterocycles. The van der Waals surface area contributed by atoms with Crippen molar-refractivity contribution in [3.63, 3.8) is 0 Å². The molecule has 1 aliphatic heterocycles. The van der Waals surface area contributed by atoms with Gasteiger partial charge in [0.25, 0.3) is 5.91 Å². The van der Waals surface area contributed by atoms with E-state index in [1.54, 1.807) is 17.9 Å². The van der Waals surface area contributed by atoms with Gasteiger partial charge < -0.3 is 10.0 Å². The predicted octanol–water partition coefficient (Wildman–Crippen LogP) is 1.89. The molecule has 1 fully saturated rings. The van der Waals surface area contributed by atoms with Crippen molar-refractivity contribution in [2.45, 2.75) is 26.4 Å². The Balaban J connectivity index is 2.13. The van der Waals surface area contributed by atoms with Crippen LogP contribution in [0.15, 0.2) is 12.3 Å². The summed E-state index contributed by atoms with van der Waals surface area (Å²) in [6.07, 6.45) is 1.98. The second-order valence-electron chi connectivity index (χ2n) is 4.85. The molecule has 2 unspecified atom stereocenters. The number of amides is 1. The van der Waals surface area contributed by atoms with Gasteiger partial charge in [-0.15, -0.1) is 0 Å². The van der Waals surface area contributed by atoms with Crippen LogP contribution in [0.4, 0.5) is 0 Å². The first-order valence-corrected chi connectivity index (χ1v) is 6.46. The van der Waals surface area contributed by atoms with Gasteiger partial charge >= 0.3 is 0 Å². The summed E-state index contributed by atoms with van der Waals surface area (Å²) in [5.41, 5.74) is 1.23. The first kappa shape index (κ1) is 13.3. The molecule has 1 N–H and O–H groups in total. The van der Waals surface area contributed by atoms with Gasteiger partial charge in [-0.1, -0.05) is 11.6 Å². The van der Waals surface area contributed by atoms with Crippen LogP contribution in [0.5, 0.6) is 0 Å². The van der Waals surface area contributed by atoms with E-state index in [-0.39, 0.29) is 17.9 Å². The minimum absolute atomic E-state index is 0.101. The van der Waals surface area contributed by atoms with Crippen LogP contribution in [0.2, 0.25) is 5.02 Å². The van der Waals surface area contributed by atoms with Crippen LogP contribution in [0.1, 0.15) is 29.4 Å². The van der Waals surface area contributed by atoms with Crippen molar-refractivity contribution in [2.75, 3.05) is 13.1 Å². The van der Waals surface area contributed by atoms with Crippen molar-refractivity contribution in [2.24, 2.45) is 5.92 Å². The lowest BCUT2D eigenvalue weighted by molar-refractivity contribution is 0.0762. The van der Waals surface area contributed by atoms with Crippen LogP contribution >= 0.6 is 11.6 Å². The highest BCUT2D eigenvalue weighted by Gasteiger charge is 2.30. The third kappa shape index (κ3) is 2.65. The quantitative estimate of drug-likeness (QED) is 0.891. The smallest absolute Gasteiger partial charge is 0.256 e. The molecule has 98 valence electrons. The molecular weight excluding hydrogens is 252 g/mol. The van der Waals surface area contributed by atoms with Crippen molar-refractivity contribution in [3.05, 3.63) is 28.5 Å². The molecule has 18 heavy (non-hydrogen) atoms. The molecule has 1 aromatic rings. The number of likely N-dealkylation sites (tertiary alicyclic amines) is 1. The second kappa shape index (κ2) is 5.24. The van der Waals surface area contributed by atoms with Gasteiger partial charge in [0.05, 0.1) is 16.7 Å². The Morgan fingerprint density at radius 1 is 1.67 bits per heavy atom. The van der Waals surface area contributed by atoms with E-state index in [0.717, 1.165) is 12.1 Å². The zero-order valence-corrected chi connectivity index (χ0v) is 11.3. The number of carbonyl (C=O) groups is 1. The highest BCUT2D eigenvalue weighted by atomic mass is 35.5. The lowest BCUT2D eigenvalue weighted by Crippen LogP contribution is -2.30. The maximum Gasteiger partial charge on any atom is 0.256 e. The summed E-state index contributed by atoms with van der Waals surface area (Å²) in [4.78, 5) is 18.1. The summed E-state index contributed by atoms with van der Waals surface area (Å²) >= 11 is 6.06. The normalized spacial score (nSPS) is 21.1. The summed E-state index contributed by atoms with van der Waals surface area (Å²) < 4.78 is 0. The zero-order chi connectivity index (χ0) is 13.3. The molecule has 4 nitrogen and oxygen atoms in total. The maximum atomic E-state index is 12.3. The topological polar surface area (TPSA) is 53.4 Å². The summed E-state index contributed by atoms with van der Waals surface area (Å²) in [5.74, 6) is 0.0572. The molecule has 0 aliphatic carbocycles. The molecule has 1 aliphatic rings. The van der Waals surface area contributed by atoms with E-state index in [0.29, 0.717) is 23.7 Å². The second-order valence-corrected chi connectivity index (χ2v) is 5.25. The van der Waals surface area contributed by atoms with E-state index in [1.165, 1.54) is 6.20 Å². The molecule has 1 amide bonds. The Hall–Kier alpha value is -1.13. The average molecular weight is 269 g/mol. The lowest BCUT2D eigenvalue weighted by Gasteiger charge is -2.18. The number of aromatic nitrogens is 1. The number of aliphatic hydroxyl groups is 1. The number of hydrogen-bond donors (Lipinski definition) is 1. The number of carbonyl (C=O) groups excluding carboxylic acids is 1. The van der Waals surface area contributed by atoms with Gasteiger partial charge in [-0.3, -0.25) is 9.78 Å². The number of nitrogens with zero attached hydrogens (tertiary/aromatic N) is 2. The number of hydrogen-bond acceptors (Lipinski definition) is 3. The zero-order valence-electron chi connectivity index (χ0n) is 10.6. The SMILES string of the molecule is Cc1cc(Cl)c(C(=O)N2CCC(C(C)O)C2)cn1. The van der Waals surface area contributed by atoms with Crippen LogP contribution in [0.3, 0.4) is 0 Å². The Bertz CT molecular complexity index is 462. The van der Waals surface area contributed by atoms with Gasteiger partial charge in [-0.05, 0) is 26.3 Å². The van der Waals surface area contributed by atoms with Crippen molar-refractivity contribution in [3.8, 4) is 0 Å². The lowest BCUT2D eigenvalue weighted by atomic mass is 10.0. The van der Waals surface area contributed by atoms with E-state index in [1.807, 2.05) is 6.92 Å². The van der Waals surface area contributed by atoms with Crippen LogP contribution in [0.25, 0.3) is 0 Å². The van der Waals surface area contributed by atoms with E-state index in [2.05, 4.69) is 4.98 Å². The molecule has 2 rings (SSSR count). The highest BCUT2D eigenvalue weighted by molar-refractivity contribution is 6.33. The first-order chi connectivity index (χ1) is 8.49. The fourth-order valence-corrected chi connectivity index (χ4v) is 2.51. The molecule has 0 bridgehead atoms. The standard InChI is InChI=1S/C13H17ClN2O2/c1-8-5-12(14)11(6-15-8)13(18)16-4-3-10(7-16)9(2)17/h5-6,9-10,17H,3-4,7H2,1-2H3. The number of pyridine rings is 1. The highest BCUT2D eigenvalue weighted by Crippen LogP contribution is 2.24. The van der Waals surface area contributed by atoms with Crippen LogP contribution in [-0.2, 0) is 0 Å². The van der Waals surface area contributed by atoms with E-state index in [9.17, 15) is 9.90 Å². The summed E-state index contributed by atoms with van der Waals surface area (Å²) in [5, 5.41) is 9.97. The minimum atomic E-state index is -0.380. The number of aryl methyl sites for hydroxylation is 1. The third-order valence-corrected chi connectivity index (χ3v) is 3.73. The van der Waals surface area contributed by atoms with E-state index in [4.69, 9.17) is 11.6 Å². The number of aliphatic hydroxyl groups excluding tert-OH is 1. The summed E-state index contributed by atoms with van der Waals surface area (Å²) in [6, 6.07) is 1.69. The van der Waals surface area contributed by atoms with Gasteiger partial charge in [0.1, 0.15) is 0 Å². The van der Waals surface area contributed by atoms with Gasteiger partial charge in [-0.25, -0.2) is 0 Å². The van der Waals surface area contributed by atoms with Crippen LogP contribution < -0.4 is 0 Å². The fourth-order valence-electron chi connectivity index (χ4n) is 2.22. The number of halogens is 1. The van der Waals surface area contributed by atoms with E-state index < -0.39 is 0 Å².